The van der Waals surface area contributed by atoms with E-state index in [0.717, 1.165) is 17.7 Å². The highest BCUT2D eigenvalue weighted by molar-refractivity contribution is 7.89. The molecule has 0 fully saturated rings. The molecule has 1 aromatic rings. The van der Waals surface area contributed by atoms with E-state index in [1.54, 1.807) is 6.92 Å². The molecule has 21 heavy (non-hydrogen) atoms. The van der Waals surface area contributed by atoms with Crippen LogP contribution in [-0.4, -0.2) is 36.6 Å². The van der Waals surface area contributed by atoms with Crippen molar-refractivity contribution in [1.29, 1.82) is 0 Å². The number of sulfonamides is 2. The Morgan fingerprint density at radius 1 is 1.19 bits per heavy atom. The lowest BCUT2D eigenvalue weighted by atomic mass is 10.4. The molecule has 0 amide bonds. The molecular formula is C12H18N2O5S2. The van der Waals surface area contributed by atoms with E-state index in [1.807, 2.05) is 0 Å². The number of nitrogens with two attached hydrogens (primary N) is 1. The summed E-state index contributed by atoms with van der Waals surface area (Å²) in [4.78, 5) is -0.193. The molecule has 7 nitrogen and oxygen atoms in total. The summed E-state index contributed by atoms with van der Waals surface area (Å²) in [6, 6.07) is 4.64. The highest BCUT2D eigenvalue weighted by atomic mass is 32.2. The summed E-state index contributed by atoms with van der Waals surface area (Å²) >= 11 is 0. The Hall–Kier alpha value is -1.26. The fourth-order valence-corrected chi connectivity index (χ4v) is 2.91. The first kappa shape index (κ1) is 17.8. The zero-order valence-electron chi connectivity index (χ0n) is 11.6. The number of nitrogens with one attached hydrogen (secondary N) is 1. The molecule has 0 bridgehead atoms. The molecule has 0 radical (unpaired) electrons. The minimum Gasteiger partial charge on any atom is -0.376 e. The molecule has 3 N–H and O–H groups in total. The van der Waals surface area contributed by atoms with Gasteiger partial charge >= 0.3 is 0 Å². The molecule has 0 spiro atoms. The highest BCUT2D eigenvalue weighted by Gasteiger charge is 2.15. The predicted molar refractivity (Wildman–Crippen MR) is 78.6 cm³/mol. The van der Waals surface area contributed by atoms with Gasteiger partial charge < -0.3 is 4.74 Å². The molecule has 0 heterocycles. The van der Waals surface area contributed by atoms with Crippen LogP contribution in [0.5, 0.6) is 0 Å². The Kier molecular flexibility index (Phi) is 6.05. The van der Waals surface area contributed by atoms with Crippen LogP contribution >= 0.6 is 0 Å². The Bertz CT molecular complexity index is 694. The van der Waals surface area contributed by atoms with E-state index < -0.39 is 20.0 Å². The second kappa shape index (κ2) is 7.14. The lowest BCUT2D eigenvalue weighted by Gasteiger charge is -2.08. The monoisotopic (exact) mass is 334 g/mol. The van der Waals surface area contributed by atoms with Crippen LogP contribution in [-0.2, 0) is 24.8 Å². The van der Waals surface area contributed by atoms with Crippen LogP contribution in [0, 0.1) is 0 Å². The molecule has 0 atom stereocenters. The average molecular weight is 334 g/mol. The first-order chi connectivity index (χ1) is 9.63. The average Bonchev–Trinajstić information content (AvgIpc) is 2.37. The predicted octanol–water partition coefficient (Wildman–Crippen LogP) is 0.205. The Balaban J connectivity index is 2.64. The molecular weight excluding hydrogens is 316 g/mol. The number of hydrogen-bond acceptors (Lipinski definition) is 5. The molecule has 0 aliphatic rings. The van der Waals surface area contributed by atoms with Crippen LogP contribution in [0.15, 0.2) is 46.2 Å². The SMILES string of the molecule is C=C(C)COCCNS(=O)(=O)c1ccc(S(N)(=O)=O)cc1. The third kappa shape index (κ3) is 5.94. The third-order valence-corrected chi connectivity index (χ3v) is 4.76. The van der Waals surface area contributed by atoms with Gasteiger partial charge in [0.25, 0.3) is 0 Å². The molecule has 1 rings (SSSR count). The number of benzene rings is 1. The van der Waals surface area contributed by atoms with Gasteiger partial charge in [0, 0.05) is 6.54 Å². The van der Waals surface area contributed by atoms with Crippen molar-refractivity contribution in [3.8, 4) is 0 Å². The second-order valence-electron chi connectivity index (χ2n) is 4.42. The minimum absolute atomic E-state index is 0.0465. The molecule has 0 aliphatic carbocycles. The lowest BCUT2D eigenvalue weighted by molar-refractivity contribution is 0.162. The zero-order chi connectivity index (χ0) is 16.1. The quantitative estimate of drug-likeness (QED) is 0.520. The largest absolute Gasteiger partial charge is 0.376 e. The van der Waals surface area contributed by atoms with Crippen molar-refractivity contribution in [2.75, 3.05) is 19.8 Å². The Labute approximate surface area is 124 Å². The number of rotatable bonds is 8. The zero-order valence-corrected chi connectivity index (χ0v) is 13.2. The van der Waals surface area contributed by atoms with E-state index >= 15 is 0 Å². The van der Waals surface area contributed by atoms with Crippen molar-refractivity contribution in [1.82, 2.24) is 4.72 Å². The molecule has 0 saturated heterocycles. The van der Waals surface area contributed by atoms with Crippen LogP contribution < -0.4 is 9.86 Å². The normalized spacial score (nSPS) is 12.3. The van der Waals surface area contributed by atoms with E-state index in [4.69, 9.17) is 9.88 Å². The first-order valence-corrected chi connectivity index (χ1v) is 9.00. The van der Waals surface area contributed by atoms with Crippen LogP contribution in [0.25, 0.3) is 0 Å². The van der Waals surface area contributed by atoms with E-state index in [2.05, 4.69) is 11.3 Å². The van der Waals surface area contributed by atoms with Crippen LogP contribution in [0.4, 0.5) is 0 Å². The summed E-state index contributed by atoms with van der Waals surface area (Å²) in [7, 11) is -7.55. The number of ether oxygens (including phenoxy) is 1. The summed E-state index contributed by atoms with van der Waals surface area (Å²) in [5, 5.41) is 4.94. The van der Waals surface area contributed by atoms with Gasteiger partial charge in [0.15, 0.2) is 0 Å². The molecule has 0 aromatic heterocycles. The Morgan fingerprint density at radius 3 is 2.19 bits per heavy atom. The first-order valence-electron chi connectivity index (χ1n) is 5.97. The maximum Gasteiger partial charge on any atom is 0.240 e. The molecule has 0 saturated carbocycles. The van der Waals surface area contributed by atoms with Gasteiger partial charge in [-0.2, -0.15) is 0 Å². The van der Waals surface area contributed by atoms with Crippen LogP contribution in [0.2, 0.25) is 0 Å². The van der Waals surface area contributed by atoms with Gasteiger partial charge in [-0.1, -0.05) is 12.2 Å². The summed E-state index contributed by atoms with van der Waals surface area (Å²) in [6.07, 6.45) is 0. The van der Waals surface area contributed by atoms with Gasteiger partial charge in [-0.05, 0) is 31.2 Å². The van der Waals surface area contributed by atoms with Crippen molar-refractivity contribution < 1.29 is 21.6 Å². The maximum atomic E-state index is 11.9. The van der Waals surface area contributed by atoms with Gasteiger partial charge in [-0.25, -0.2) is 26.7 Å². The van der Waals surface area contributed by atoms with Gasteiger partial charge in [-0.3, -0.25) is 0 Å². The lowest BCUT2D eigenvalue weighted by Crippen LogP contribution is -2.27. The topological polar surface area (TPSA) is 116 Å². The minimum atomic E-state index is -3.84. The van der Waals surface area contributed by atoms with Crippen LogP contribution in [0.1, 0.15) is 6.92 Å². The number of hydrogen-bond donors (Lipinski definition) is 2. The fraction of sp³-hybridized carbons (Fsp3) is 0.333. The van der Waals surface area contributed by atoms with E-state index in [9.17, 15) is 16.8 Å². The van der Waals surface area contributed by atoms with Crippen molar-refractivity contribution in [2.45, 2.75) is 16.7 Å². The molecule has 118 valence electrons. The number of primary sulfonamides is 1. The summed E-state index contributed by atoms with van der Waals surface area (Å²) < 4.78 is 53.5. The van der Waals surface area contributed by atoms with Gasteiger partial charge in [-0.15, -0.1) is 0 Å². The fourth-order valence-electron chi connectivity index (χ4n) is 1.39. The van der Waals surface area contributed by atoms with E-state index in [-0.39, 0.29) is 22.9 Å². The maximum absolute atomic E-state index is 11.9. The molecule has 0 aliphatic heterocycles. The summed E-state index contributed by atoms with van der Waals surface area (Å²) in [5.41, 5.74) is 0.844. The summed E-state index contributed by atoms with van der Waals surface area (Å²) in [6.45, 7) is 6.14. The molecule has 1 aromatic carbocycles. The second-order valence-corrected chi connectivity index (χ2v) is 7.75. The molecule has 9 heteroatoms. The molecule has 0 unspecified atom stereocenters. The van der Waals surface area contributed by atoms with E-state index in [1.165, 1.54) is 12.1 Å². The Morgan fingerprint density at radius 2 is 1.71 bits per heavy atom. The van der Waals surface area contributed by atoms with Gasteiger partial charge in [0.05, 0.1) is 23.0 Å². The van der Waals surface area contributed by atoms with Crippen molar-refractivity contribution in [2.24, 2.45) is 5.14 Å². The smallest absolute Gasteiger partial charge is 0.240 e. The highest BCUT2D eigenvalue weighted by Crippen LogP contribution is 2.12. The van der Waals surface area contributed by atoms with Crippen LogP contribution in [0.3, 0.4) is 0 Å². The van der Waals surface area contributed by atoms with Crippen molar-refractivity contribution >= 4 is 20.0 Å². The summed E-state index contributed by atoms with van der Waals surface area (Å²) in [5.74, 6) is 0. The standard InChI is InChI=1S/C12H18N2O5S2/c1-10(2)9-19-8-7-14-21(17,18)12-5-3-11(4-6-12)20(13,15)16/h3-6,14H,1,7-9H2,2H3,(H2,13,15,16). The van der Waals surface area contributed by atoms with Gasteiger partial charge in [0.2, 0.25) is 20.0 Å². The van der Waals surface area contributed by atoms with Crippen molar-refractivity contribution in [3.63, 3.8) is 0 Å². The third-order valence-electron chi connectivity index (χ3n) is 2.35. The van der Waals surface area contributed by atoms with E-state index in [0.29, 0.717) is 6.61 Å². The van der Waals surface area contributed by atoms with Crippen molar-refractivity contribution in [3.05, 3.63) is 36.4 Å². The van der Waals surface area contributed by atoms with Gasteiger partial charge in [0.1, 0.15) is 0 Å².